The fourth-order valence-electron chi connectivity index (χ4n) is 2.11. The molecular formula is C14H22N4O. The molecule has 0 spiro atoms. The summed E-state index contributed by atoms with van der Waals surface area (Å²) in [5.41, 5.74) is 3.09. The summed E-state index contributed by atoms with van der Waals surface area (Å²) in [7, 11) is 0. The molecule has 5 nitrogen and oxygen atoms in total. The van der Waals surface area contributed by atoms with Crippen molar-refractivity contribution in [2.75, 3.05) is 5.32 Å². The van der Waals surface area contributed by atoms with Crippen LogP contribution in [0.3, 0.4) is 0 Å². The highest BCUT2D eigenvalue weighted by Crippen LogP contribution is 2.16. The SMILES string of the molecule is CCCCn1cc(C)nc1NCc1c(C)noc1C. The number of nitrogens with one attached hydrogen (secondary N) is 1. The molecule has 0 bridgehead atoms. The van der Waals surface area contributed by atoms with Crippen LogP contribution < -0.4 is 5.32 Å². The van der Waals surface area contributed by atoms with E-state index in [2.05, 4.69) is 33.1 Å². The highest BCUT2D eigenvalue weighted by molar-refractivity contribution is 5.32. The number of aromatic nitrogens is 3. The largest absolute Gasteiger partial charge is 0.361 e. The number of imidazole rings is 1. The van der Waals surface area contributed by atoms with Crippen LogP contribution in [-0.4, -0.2) is 14.7 Å². The highest BCUT2D eigenvalue weighted by Gasteiger charge is 2.10. The summed E-state index contributed by atoms with van der Waals surface area (Å²) in [6, 6.07) is 0. The highest BCUT2D eigenvalue weighted by atomic mass is 16.5. The molecule has 0 fully saturated rings. The van der Waals surface area contributed by atoms with Crippen LogP contribution in [0.5, 0.6) is 0 Å². The van der Waals surface area contributed by atoms with Crippen molar-refractivity contribution >= 4 is 5.95 Å². The fraction of sp³-hybridized carbons (Fsp3) is 0.571. The second-order valence-corrected chi connectivity index (χ2v) is 4.91. The molecule has 0 saturated carbocycles. The smallest absolute Gasteiger partial charge is 0.203 e. The van der Waals surface area contributed by atoms with E-state index >= 15 is 0 Å². The Morgan fingerprint density at radius 3 is 2.74 bits per heavy atom. The Morgan fingerprint density at radius 2 is 2.11 bits per heavy atom. The lowest BCUT2D eigenvalue weighted by molar-refractivity contribution is 0.392. The van der Waals surface area contributed by atoms with Gasteiger partial charge >= 0.3 is 0 Å². The van der Waals surface area contributed by atoms with E-state index in [9.17, 15) is 0 Å². The lowest BCUT2D eigenvalue weighted by atomic mass is 10.2. The third-order valence-corrected chi connectivity index (χ3v) is 3.25. The maximum atomic E-state index is 5.17. The number of unbranched alkanes of at least 4 members (excludes halogenated alkanes) is 1. The molecule has 0 saturated heterocycles. The average molecular weight is 262 g/mol. The molecule has 2 rings (SSSR count). The van der Waals surface area contributed by atoms with Crippen LogP contribution in [0.25, 0.3) is 0 Å². The normalized spacial score (nSPS) is 10.9. The summed E-state index contributed by atoms with van der Waals surface area (Å²) in [5.74, 6) is 1.79. The summed E-state index contributed by atoms with van der Waals surface area (Å²) < 4.78 is 7.34. The molecule has 2 aromatic rings. The molecule has 2 heterocycles. The van der Waals surface area contributed by atoms with Crippen molar-refractivity contribution in [3.63, 3.8) is 0 Å². The van der Waals surface area contributed by atoms with E-state index in [1.807, 2.05) is 20.8 Å². The Kier molecular flexibility index (Phi) is 4.24. The number of hydrogen-bond donors (Lipinski definition) is 1. The van der Waals surface area contributed by atoms with Crippen molar-refractivity contribution < 1.29 is 4.52 Å². The van der Waals surface area contributed by atoms with E-state index < -0.39 is 0 Å². The molecule has 1 N–H and O–H groups in total. The molecule has 0 aromatic carbocycles. The molecule has 0 aliphatic heterocycles. The minimum Gasteiger partial charge on any atom is -0.361 e. The van der Waals surface area contributed by atoms with Crippen LogP contribution >= 0.6 is 0 Å². The molecule has 0 aliphatic rings. The van der Waals surface area contributed by atoms with Gasteiger partial charge in [0, 0.05) is 24.8 Å². The summed E-state index contributed by atoms with van der Waals surface area (Å²) in [5, 5.41) is 7.34. The van der Waals surface area contributed by atoms with Gasteiger partial charge in [-0.1, -0.05) is 18.5 Å². The van der Waals surface area contributed by atoms with Gasteiger partial charge in [-0.15, -0.1) is 0 Å². The predicted octanol–water partition coefficient (Wildman–Crippen LogP) is 3.21. The van der Waals surface area contributed by atoms with Crippen molar-refractivity contribution in [3.8, 4) is 0 Å². The van der Waals surface area contributed by atoms with Crippen molar-refractivity contribution in [2.24, 2.45) is 0 Å². The Bertz CT molecular complexity index is 522. The summed E-state index contributed by atoms with van der Waals surface area (Å²) in [4.78, 5) is 4.52. The lowest BCUT2D eigenvalue weighted by Crippen LogP contribution is -2.08. The van der Waals surface area contributed by atoms with Gasteiger partial charge in [-0.3, -0.25) is 0 Å². The van der Waals surface area contributed by atoms with Crippen LogP contribution in [0, 0.1) is 20.8 Å². The van der Waals surface area contributed by atoms with Crippen molar-refractivity contribution in [1.29, 1.82) is 0 Å². The third-order valence-electron chi connectivity index (χ3n) is 3.25. The van der Waals surface area contributed by atoms with Gasteiger partial charge in [0.15, 0.2) is 0 Å². The van der Waals surface area contributed by atoms with Gasteiger partial charge in [0.2, 0.25) is 5.95 Å². The number of hydrogen-bond acceptors (Lipinski definition) is 4. The van der Waals surface area contributed by atoms with E-state index in [1.165, 1.54) is 6.42 Å². The number of anilines is 1. The quantitative estimate of drug-likeness (QED) is 0.868. The van der Waals surface area contributed by atoms with Gasteiger partial charge in [0.05, 0.1) is 11.4 Å². The van der Waals surface area contributed by atoms with Gasteiger partial charge in [0.25, 0.3) is 0 Å². The monoisotopic (exact) mass is 262 g/mol. The van der Waals surface area contributed by atoms with Crippen LogP contribution in [0.4, 0.5) is 5.95 Å². The van der Waals surface area contributed by atoms with Gasteiger partial charge in [-0.2, -0.15) is 0 Å². The van der Waals surface area contributed by atoms with Crippen LogP contribution in [-0.2, 0) is 13.1 Å². The van der Waals surface area contributed by atoms with Gasteiger partial charge in [-0.05, 0) is 27.2 Å². The summed E-state index contributed by atoms with van der Waals surface area (Å²) in [6.45, 7) is 9.81. The van der Waals surface area contributed by atoms with Crippen LogP contribution in [0.1, 0.15) is 42.5 Å². The first kappa shape index (κ1) is 13.6. The van der Waals surface area contributed by atoms with E-state index in [-0.39, 0.29) is 0 Å². The maximum absolute atomic E-state index is 5.17. The molecule has 0 atom stereocenters. The summed E-state index contributed by atoms with van der Waals surface area (Å²) >= 11 is 0. The molecule has 104 valence electrons. The van der Waals surface area contributed by atoms with E-state index in [4.69, 9.17) is 4.52 Å². The number of nitrogens with zero attached hydrogens (tertiary/aromatic N) is 3. The summed E-state index contributed by atoms with van der Waals surface area (Å²) in [6.07, 6.45) is 4.43. The molecule has 0 unspecified atom stereocenters. The van der Waals surface area contributed by atoms with Crippen molar-refractivity contribution in [1.82, 2.24) is 14.7 Å². The first-order chi connectivity index (χ1) is 9.11. The fourth-order valence-corrected chi connectivity index (χ4v) is 2.11. The lowest BCUT2D eigenvalue weighted by Gasteiger charge is -2.09. The second-order valence-electron chi connectivity index (χ2n) is 4.91. The molecular weight excluding hydrogens is 240 g/mol. The molecule has 0 radical (unpaired) electrons. The van der Waals surface area contributed by atoms with E-state index in [1.54, 1.807) is 0 Å². The zero-order valence-corrected chi connectivity index (χ0v) is 12.2. The average Bonchev–Trinajstić information content (AvgIpc) is 2.88. The predicted molar refractivity (Wildman–Crippen MR) is 75.2 cm³/mol. The van der Waals surface area contributed by atoms with Crippen molar-refractivity contribution in [3.05, 3.63) is 28.9 Å². The number of aryl methyl sites for hydroxylation is 4. The van der Waals surface area contributed by atoms with E-state index in [0.29, 0.717) is 6.54 Å². The Labute approximate surface area is 114 Å². The minimum absolute atomic E-state index is 0.698. The maximum Gasteiger partial charge on any atom is 0.203 e. The molecule has 5 heteroatoms. The zero-order valence-electron chi connectivity index (χ0n) is 12.2. The number of rotatable bonds is 6. The molecule has 0 aliphatic carbocycles. The van der Waals surface area contributed by atoms with Crippen molar-refractivity contribution in [2.45, 2.75) is 53.6 Å². The Balaban J connectivity index is 2.06. The third kappa shape index (κ3) is 3.16. The molecule has 19 heavy (non-hydrogen) atoms. The second kappa shape index (κ2) is 5.91. The van der Waals surface area contributed by atoms with Crippen LogP contribution in [0.2, 0.25) is 0 Å². The van der Waals surface area contributed by atoms with Gasteiger partial charge in [-0.25, -0.2) is 4.98 Å². The first-order valence-corrected chi connectivity index (χ1v) is 6.81. The molecule has 0 amide bonds. The Hall–Kier alpha value is -1.78. The van der Waals surface area contributed by atoms with Gasteiger partial charge < -0.3 is 14.4 Å². The Morgan fingerprint density at radius 1 is 1.32 bits per heavy atom. The zero-order chi connectivity index (χ0) is 13.8. The van der Waals surface area contributed by atoms with E-state index in [0.717, 1.165) is 41.6 Å². The van der Waals surface area contributed by atoms with Crippen LogP contribution in [0.15, 0.2) is 10.7 Å². The molecule has 2 aromatic heterocycles. The standard InChI is InChI=1S/C14H22N4O/c1-5-6-7-18-9-10(2)16-14(18)15-8-13-11(3)17-19-12(13)4/h9H,5-8H2,1-4H3,(H,15,16). The van der Waals surface area contributed by atoms with Gasteiger partial charge in [0.1, 0.15) is 5.76 Å². The minimum atomic E-state index is 0.698. The first-order valence-electron chi connectivity index (χ1n) is 6.81. The topological polar surface area (TPSA) is 55.9 Å².